The first-order valence-electron chi connectivity index (χ1n) is 14.0. The average Bonchev–Trinajstić information content (AvgIpc) is 3.65. The van der Waals surface area contributed by atoms with E-state index >= 15 is 0 Å². The molecule has 206 valence electrons. The Morgan fingerprint density at radius 2 is 1.85 bits per heavy atom. The van der Waals surface area contributed by atoms with Crippen LogP contribution in [0.4, 0.5) is 5.82 Å². The van der Waals surface area contributed by atoms with Crippen molar-refractivity contribution in [1.82, 2.24) is 25.1 Å². The van der Waals surface area contributed by atoms with Gasteiger partial charge in [-0.2, -0.15) is 0 Å². The Kier molecular flexibility index (Phi) is 7.44. The number of likely N-dealkylation sites (tertiary alicyclic amines) is 1. The molecule has 1 aliphatic heterocycles. The monoisotopic (exact) mass is 530 g/mol. The van der Waals surface area contributed by atoms with Gasteiger partial charge in [0.15, 0.2) is 5.43 Å². The van der Waals surface area contributed by atoms with Crippen LogP contribution >= 0.6 is 0 Å². The zero-order valence-electron chi connectivity index (χ0n) is 23.0. The molecule has 4 N–H and O–H groups in total. The summed E-state index contributed by atoms with van der Waals surface area (Å²) in [7, 11) is 1.53. The number of hydrogen-bond donors (Lipinski definition) is 3. The lowest BCUT2D eigenvalue weighted by molar-refractivity contribution is -0.123. The van der Waals surface area contributed by atoms with Gasteiger partial charge in [0, 0.05) is 37.3 Å². The summed E-state index contributed by atoms with van der Waals surface area (Å²) in [6.07, 6.45) is 3.97. The molecule has 2 fully saturated rings. The molecule has 1 aromatic carbocycles. The Labute approximate surface area is 228 Å². The standard InChI is InChI=1S/C30H38N6O3/c1-4-35-16-6-7-21(35)18-33-29(39)30(14-15-30)20-10-8-19(9-11-20)24-13-12-22-26(38)23(17-25(37)32-3)27(31)36(5-2)28(22)34-24/h8-13,21H,4-7,14-18,31H2,1-3H3,(H,32,37)(H,33,39)/t21-/m1/s1. The molecule has 1 saturated carbocycles. The van der Waals surface area contributed by atoms with Crippen molar-refractivity contribution in [3.8, 4) is 11.3 Å². The molecular formula is C30H38N6O3. The summed E-state index contributed by atoms with van der Waals surface area (Å²) >= 11 is 0. The van der Waals surface area contributed by atoms with Crippen molar-refractivity contribution in [2.45, 2.75) is 64.0 Å². The number of fused-ring (bicyclic) bond motifs is 1. The number of hydrogen-bond acceptors (Lipinski definition) is 6. The molecule has 5 rings (SSSR count). The van der Waals surface area contributed by atoms with Gasteiger partial charge in [-0.3, -0.25) is 19.3 Å². The number of pyridine rings is 2. The zero-order chi connectivity index (χ0) is 27.7. The number of rotatable bonds is 9. The maximum absolute atomic E-state index is 13.2. The van der Waals surface area contributed by atoms with E-state index in [0.29, 0.717) is 35.9 Å². The molecule has 3 aromatic rings. The van der Waals surface area contributed by atoms with Crippen LogP contribution in [0.15, 0.2) is 41.2 Å². The van der Waals surface area contributed by atoms with E-state index in [1.807, 2.05) is 37.3 Å². The Hall–Kier alpha value is -3.72. The molecule has 39 heavy (non-hydrogen) atoms. The first-order valence-corrected chi connectivity index (χ1v) is 14.0. The minimum Gasteiger partial charge on any atom is -0.385 e. The van der Waals surface area contributed by atoms with Crippen LogP contribution in [-0.2, 0) is 28.0 Å². The van der Waals surface area contributed by atoms with Gasteiger partial charge in [-0.25, -0.2) is 4.98 Å². The summed E-state index contributed by atoms with van der Waals surface area (Å²) in [6.45, 7) is 7.46. The summed E-state index contributed by atoms with van der Waals surface area (Å²) < 4.78 is 1.78. The fourth-order valence-corrected chi connectivity index (χ4v) is 5.94. The average molecular weight is 531 g/mol. The lowest BCUT2D eigenvalue weighted by Gasteiger charge is -2.24. The Morgan fingerprint density at radius 1 is 1.10 bits per heavy atom. The van der Waals surface area contributed by atoms with E-state index in [9.17, 15) is 14.4 Å². The van der Waals surface area contributed by atoms with Crippen LogP contribution in [0, 0.1) is 0 Å². The fourth-order valence-electron chi connectivity index (χ4n) is 5.94. The number of nitrogens with one attached hydrogen (secondary N) is 2. The molecule has 9 heteroatoms. The van der Waals surface area contributed by atoms with Crippen LogP contribution in [0.3, 0.4) is 0 Å². The topological polar surface area (TPSA) is 122 Å². The van der Waals surface area contributed by atoms with E-state index in [2.05, 4.69) is 22.5 Å². The number of aryl methyl sites for hydroxylation is 1. The van der Waals surface area contributed by atoms with Gasteiger partial charge in [-0.15, -0.1) is 0 Å². The molecule has 2 aromatic heterocycles. The number of nitrogens with zero attached hydrogens (tertiary/aromatic N) is 3. The molecule has 1 saturated heterocycles. The maximum atomic E-state index is 13.2. The highest BCUT2D eigenvalue weighted by Gasteiger charge is 2.51. The molecule has 3 heterocycles. The van der Waals surface area contributed by atoms with Crippen molar-refractivity contribution in [3.05, 3.63) is 57.7 Å². The molecular weight excluding hydrogens is 492 g/mol. The first kappa shape index (κ1) is 26.9. The molecule has 2 aliphatic rings. The van der Waals surface area contributed by atoms with Crippen LogP contribution < -0.4 is 21.8 Å². The van der Waals surface area contributed by atoms with Crippen molar-refractivity contribution >= 4 is 28.7 Å². The lowest BCUT2D eigenvalue weighted by atomic mass is 9.93. The molecule has 1 aliphatic carbocycles. The van der Waals surface area contributed by atoms with Gasteiger partial charge in [0.1, 0.15) is 11.5 Å². The van der Waals surface area contributed by atoms with Crippen molar-refractivity contribution in [3.63, 3.8) is 0 Å². The second-order valence-corrected chi connectivity index (χ2v) is 10.6. The summed E-state index contributed by atoms with van der Waals surface area (Å²) in [6, 6.07) is 12.0. The van der Waals surface area contributed by atoms with Crippen molar-refractivity contribution in [2.24, 2.45) is 0 Å². The van der Waals surface area contributed by atoms with Crippen LogP contribution in [0.2, 0.25) is 0 Å². The molecule has 0 unspecified atom stereocenters. The van der Waals surface area contributed by atoms with Gasteiger partial charge in [0.25, 0.3) is 0 Å². The SMILES string of the molecule is CCN1CCC[C@@H]1CNC(=O)C1(c2ccc(-c3ccc4c(=O)c(CC(=O)NC)c(N)n(CC)c4n3)cc2)CC1. The van der Waals surface area contributed by atoms with Gasteiger partial charge in [0.2, 0.25) is 11.8 Å². The summed E-state index contributed by atoms with van der Waals surface area (Å²) in [5.41, 5.74) is 9.03. The van der Waals surface area contributed by atoms with E-state index < -0.39 is 5.41 Å². The summed E-state index contributed by atoms with van der Waals surface area (Å²) in [5, 5.41) is 6.22. The predicted molar refractivity (Wildman–Crippen MR) is 153 cm³/mol. The number of carbonyl (C=O) groups is 2. The molecule has 0 radical (unpaired) electrons. The van der Waals surface area contributed by atoms with Crippen molar-refractivity contribution in [1.29, 1.82) is 0 Å². The molecule has 1 atom stereocenters. The quantitative estimate of drug-likeness (QED) is 0.391. The summed E-state index contributed by atoms with van der Waals surface area (Å²) in [5.74, 6) is 0.117. The van der Waals surface area contributed by atoms with E-state index in [1.165, 1.54) is 13.5 Å². The van der Waals surface area contributed by atoms with Crippen LogP contribution in [0.1, 0.15) is 50.7 Å². The van der Waals surface area contributed by atoms with Crippen LogP contribution in [0.5, 0.6) is 0 Å². The molecule has 0 bridgehead atoms. The Balaban J connectivity index is 1.38. The third-order valence-electron chi connectivity index (χ3n) is 8.50. The second kappa shape index (κ2) is 10.8. The highest BCUT2D eigenvalue weighted by molar-refractivity contribution is 5.91. The van der Waals surface area contributed by atoms with E-state index in [-0.39, 0.29) is 35.0 Å². The van der Waals surface area contributed by atoms with Gasteiger partial charge in [-0.1, -0.05) is 31.2 Å². The lowest BCUT2D eigenvalue weighted by Crippen LogP contribution is -2.43. The van der Waals surface area contributed by atoms with E-state index in [1.54, 1.807) is 10.6 Å². The number of aromatic nitrogens is 2. The van der Waals surface area contributed by atoms with Gasteiger partial charge < -0.3 is 20.9 Å². The van der Waals surface area contributed by atoms with E-state index in [4.69, 9.17) is 10.7 Å². The van der Waals surface area contributed by atoms with Gasteiger partial charge in [0.05, 0.1) is 22.9 Å². The molecule has 0 spiro atoms. The Bertz CT molecular complexity index is 1460. The third kappa shape index (κ3) is 4.91. The minimum absolute atomic E-state index is 0.0762. The highest BCUT2D eigenvalue weighted by atomic mass is 16.2. The normalized spacial score (nSPS) is 18.3. The number of likely N-dealkylation sites (N-methyl/N-ethyl adjacent to an activating group) is 2. The second-order valence-electron chi connectivity index (χ2n) is 10.6. The number of nitrogen functional groups attached to an aromatic ring is 1. The third-order valence-corrected chi connectivity index (χ3v) is 8.50. The zero-order valence-corrected chi connectivity index (χ0v) is 23.0. The first-order chi connectivity index (χ1) is 18.8. The van der Waals surface area contributed by atoms with Gasteiger partial charge >= 0.3 is 0 Å². The number of anilines is 1. The number of carbonyl (C=O) groups excluding carboxylic acids is 2. The largest absolute Gasteiger partial charge is 0.385 e. The highest BCUT2D eigenvalue weighted by Crippen LogP contribution is 2.48. The number of amides is 2. The van der Waals surface area contributed by atoms with Gasteiger partial charge in [-0.05, 0) is 63.4 Å². The summed E-state index contributed by atoms with van der Waals surface area (Å²) in [4.78, 5) is 45.6. The molecule has 9 nitrogen and oxygen atoms in total. The predicted octanol–water partition coefficient (Wildman–Crippen LogP) is 2.59. The van der Waals surface area contributed by atoms with Crippen LogP contribution in [-0.4, -0.2) is 59.0 Å². The maximum Gasteiger partial charge on any atom is 0.230 e. The van der Waals surface area contributed by atoms with Crippen molar-refractivity contribution in [2.75, 3.05) is 32.4 Å². The number of nitrogens with two attached hydrogens (primary N) is 1. The smallest absolute Gasteiger partial charge is 0.230 e. The van der Waals surface area contributed by atoms with E-state index in [0.717, 1.165) is 43.5 Å². The van der Waals surface area contributed by atoms with Crippen LogP contribution in [0.25, 0.3) is 22.3 Å². The Morgan fingerprint density at radius 3 is 2.49 bits per heavy atom. The van der Waals surface area contributed by atoms with Crippen molar-refractivity contribution < 1.29 is 9.59 Å². The number of benzene rings is 1. The fraction of sp³-hybridized carbons (Fsp3) is 0.467. The molecule has 2 amide bonds. The minimum atomic E-state index is -0.441.